The standard InChI is InChI=1S/C24H11BrCl8N2O4/c25-11-4-1-9(2-5-11)14(36)8-34(19(37)10-3-6-12(26)13(27)7-10)35-20(38)15-16(21(35)39)23(31)18(29)17(28)22(15,30)24(23,32)33/h1-7,15-16H,8H2/t15-,16-,22-,23-/m1/s1. The highest BCUT2D eigenvalue weighted by atomic mass is 79.9. The first kappa shape index (κ1) is 29.7. The minimum Gasteiger partial charge on any atom is -0.292 e. The highest BCUT2D eigenvalue weighted by molar-refractivity contribution is 9.10. The van der Waals surface area contributed by atoms with E-state index in [0.717, 1.165) is 0 Å². The van der Waals surface area contributed by atoms with Crippen molar-refractivity contribution in [2.24, 2.45) is 11.8 Å². The molecule has 0 N–H and O–H groups in total. The van der Waals surface area contributed by atoms with E-state index in [1.165, 1.54) is 30.3 Å². The Bertz CT molecular complexity index is 1470. The Balaban J connectivity index is 1.60. The van der Waals surface area contributed by atoms with Crippen molar-refractivity contribution < 1.29 is 19.2 Å². The summed E-state index contributed by atoms with van der Waals surface area (Å²) in [5.74, 6) is -6.48. The highest BCUT2D eigenvalue weighted by Gasteiger charge is 2.88. The Kier molecular flexibility index (Phi) is 7.57. The second-order valence-electron chi connectivity index (χ2n) is 8.99. The maximum atomic E-state index is 13.9. The van der Waals surface area contributed by atoms with Gasteiger partial charge < -0.3 is 0 Å². The lowest BCUT2D eigenvalue weighted by Crippen LogP contribution is -2.56. The number of nitrogens with zero attached hydrogens (tertiary/aromatic N) is 2. The molecule has 3 amide bonds. The summed E-state index contributed by atoms with van der Waals surface area (Å²) >= 11 is 54.7. The van der Waals surface area contributed by atoms with Gasteiger partial charge in [-0.15, -0.1) is 23.2 Å². The molecule has 4 atom stereocenters. The van der Waals surface area contributed by atoms with E-state index >= 15 is 0 Å². The van der Waals surface area contributed by atoms with Gasteiger partial charge in [0, 0.05) is 15.6 Å². The molecule has 39 heavy (non-hydrogen) atoms. The van der Waals surface area contributed by atoms with Gasteiger partial charge in [-0.1, -0.05) is 97.7 Å². The Morgan fingerprint density at radius 3 is 1.77 bits per heavy atom. The molecule has 0 aromatic heterocycles. The number of hydrogen-bond acceptors (Lipinski definition) is 4. The fraction of sp³-hybridized carbons (Fsp3) is 0.250. The minimum absolute atomic E-state index is 0.0342. The number of Topliss-reactive ketones (excluding diaryl/α,β-unsaturated/α-hetero) is 1. The number of halogens is 9. The second-order valence-corrected chi connectivity index (χ2v) is 14.0. The summed E-state index contributed by atoms with van der Waals surface area (Å²) in [5.41, 5.74) is 0.147. The molecule has 1 aliphatic heterocycles. The number of amides is 3. The van der Waals surface area contributed by atoms with Crippen molar-refractivity contribution in [1.82, 2.24) is 10.0 Å². The molecule has 1 saturated heterocycles. The monoisotopic (exact) mass is 750 g/mol. The maximum Gasteiger partial charge on any atom is 0.273 e. The Labute approximate surface area is 270 Å². The van der Waals surface area contributed by atoms with Gasteiger partial charge in [-0.05, 0) is 30.3 Å². The first-order chi connectivity index (χ1) is 18.1. The largest absolute Gasteiger partial charge is 0.292 e. The highest BCUT2D eigenvalue weighted by Crippen LogP contribution is 2.77. The number of benzene rings is 2. The van der Waals surface area contributed by atoms with Crippen LogP contribution in [0.5, 0.6) is 0 Å². The summed E-state index contributed by atoms with van der Waals surface area (Å²) in [6, 6.07) is 10.2. The summed E-state index contributed by atoms with van der Waals surface area (Å²) in [5, 5.41) is 0.833. The van der Waals surface area contributed by atoms with Gasteiger partial charge in [0.15, 0.2) is 10.1 Å². The van der Waals surface area contributed by atoms with Crippen LogP contribution in [-0.4, -0.2) is 54.1 Å². The molecular formula is C24H11BrCl8N2O4. The Morgan fingerprint density at radius 2 is 1.28 bits per heavy atom. The van der Waals surface area contributed by atoms with Crippen molar-refractivity contribution in [2.45, 2.75) is 14.1 Å². The smallest absolute Gasteiger partial charge is 0.273 e. The second kappa shape index (κ2) is 9.92. The van der Waals surface area contributed by atoms with Gasteiger partial charge in [0.1, 0.15) is 16.3 Å². The van der Waals surface area contributed by atoms with Crippen LogP contribution >= 0.6 is 109 Å². The number of carbonyl (C=O) groups is 4. The quantitative estimate of drug-likeness (QED) is 0.181. The molecule has 2 fully saturated rings. The average molecular weight is 755 g/mol. The molecule has 1 saturated carbocycles. The van der Waals surface area contributed by atoms with Crippen LogP contribution in [0.25, 0.3) is 0 Å². The van der Waals surface area contributed by atoms with Gasteiger partial charge in [0.2, 0.25) is 0 Å². The van der Waals surface area contributed by atoms with Crippen LogP contribution in [0.3, 0.4) is 0 Å². The molecule has 5 rings (SSSR count). The topological polar surface area (TPSA) is 74.8 Å². The van der Waals surface area contributed by atoms with Crippen LogP contribution in [0.15, 0.2) is 57.0 Å². The molecule has 204 valence electrons. The van der Waals surface area contributed by atoms with Crippen LogP contribution in [0, 0.1) is 11.8 Å². The number of rotatable bonds is 5. The van der Waals surface area contributed by atoms with Crippen LogP contribution in [-0.2, 0) is 9.59 Å². The van der Waals surface area contributed by atoms with Crippen molar-refractivity contribution in [3.8, 4) is 0 Å². The molecule has 2 aliphatic carbocycles. The van der Waals surface area contributed by atoms with Gasteiger partial charge in [0.25, 0.3) is 17.7 Å². The molecular weight excluding hydrogens is 744 g/mol. The molecule has 6 nitrogen and oxygen atoms in total. The molecule has 3 aliphatic rings. The predicted octanol–water partition coefficient (Wildman–Crippen LogP) is 7.44. The van der Waals surface area contributed by atoms with E-state index in [4.69, 9.17) is 92.8 Å². The van der Waals surface area contributed by atoms with E-state index in [0.29, 0.717) is 14.5 Å². The fourth-order valence-corrected chi connectivity index (χ4v) is 8.58. The SMILES string of the molecule is O=C(CN(C(=O)c1ccc(Cl)c(Cl)c1)N1C(=O)[C@H]2[C@H](C1=O)[C@@]1(Cl)C(Cl)=C(Cl)[C@@]2(Cl)C1(Cl)Cl)c1ccc(Br)cc1. The lowest BCUT2D eigenvalue weighted by Gasteiger charge is -2.36. The molecule has 2 bridgehead atoms. The van der Waals surface area contributed by atoms with Crippen molar-refractivity contribution in [3.63, 3.8) is 0 Å². The number of imide groups is 1. The van der Waals surface area contributed by atoms with Gasteiger partial charge in [-0.3, -0.25) is 19.2 Å². The van der Waals surface area contributed by atoms with E-state index < -0.39 is 56.0 Å². The third-order valence-corrected chi connectivity index (χ3v) is 12.5. The molecule has 2 aromatic carbocycles. The lowest BCUT2D eigenvalue weighted by molar-refractivity contribution is -0.154. The summed E-state index contributed by atoms with van der Waals surface area (Å²) in [7, 11) is 0. The first-order valence-corrected chi connectivity index (χ1v) is 14.7. The van der Waals surface area contributed by atoms with Crippen LogP contribution < -0.4 is 0 Å². The normalized spacial score (nSPS) is 28.8. The third-order valence-electron chi connectivity index (χ3n) is 6.99. The summed E-state index contributed by atoms with van der Waals surface area (Å²) in [4.78, 5) is 50.6. The maximum absolute atomic E-state index is 13.9. The summed E-state index contributed by atoms with van der Waals surface area (Å²) < 4.78 is -1.45. The van der Waals surface area contributed by atoms with E-state index in [-0.39, 0.29) is 31.2 Å². The predicted molar refractivity (Wildman–Crippen MR) is 155 cm³/mol. The molecule has 15 heteroatoms. The zero-order valence-corrected chi connectivity index (χ0v) is 26.5. The number of carbonyl (C=O) groups excluding carboxylic acids is 4. The number of hydrazine groups is 1. The zero-order chi connectivity index (χ0) is 28.8. The van der Waals surface area contributed by atoms with E-state index in [1.807, 2.05) is 0 Å². The fourth-order valence-electron chi connectivity index (χ4n) is 5.09. The van der Waals surface area contributed by atoms with Gasteiger partial charge in [0.05, 0.1) is 31.9 Å². The van der Waals surface area contributed by atoms with E-state index in [9.17, 15) is 19.2 Å². The zero-order valence-electron chi connectivity index (χ0n) is 18.8. The van der Waals surface area contributed by atoms with Crippen LogP contribution in [0.4, 0.5) is 0 Å². The molecule has 0 unspecified atom stereocenters. The number of allylic oxidation sites excluding steroid dienone is 2. The first-order valence-electron chi connectivity index (χ1n) is 10.9. The number of ketones is 1. The molecule has 0 spiro atoms. The number of alkyl halides is 4. The molecule has 2 aromatic rings. The summed E-state index contributed by atoms with van der Waals surface area (Å²) in [6.45, 7) is -0.718. The average Bonchev–Trinajstić information content (AvgIpc) is 3.27. The minimum atomic E-state index is -2.16. The molecule has 1 heterocycles. The van der Waals surface area contributed by atoms with Gasteiger partial charge in [-0.2, -0.15) is 5.01 Å². The van der Waals surface area contributed by atoms with Crippen molar-refractivity contribution in [3.05, 3.63) is 78.2 Å². The summed E-state index contributed by atoms with van der Waals surface area (Å²) in [6.07, 6.45) is 0. The lowest BCUT2D eigenvalue weighted by atomic mass is 9.84. The van der Waals surface area contributed by atoms with Gasteiger partial charge >= 0.3 is 0 Å². The van der Waals surface area contributed by atoms with Gasteiger partial charge in [-0.25, -0.2) is 5.01 Å². The van der Waals surface area contributed by atoms with Crippen LogP contribution in [0.2, 0.25) is 10.0 Å². The van der Waals surface area contributed by atoms with Crippen molar-refractivity contribution in [1.29, 1.82) is 0 Å². The van der Waals surface area contributed by atoms with Crippen molar-refractivity contribution in [2.75, 3.05) is 6.54 Å². The van der Waals surface area contributed by atoms with Crippen LogP contribution in [0.1, 0.15) is 20.7 Å². The van der Waals surface area contributed by atoms with E-state index in [1.54, 1.807) is 12.1 Å². The Hall–Kier alpha value is -0.740. The number of hydrogen-bond donors (Lipinski definition) is 0. The van der Waals surface area contributed by atoms with Crippen molar-refractivity contribution >= 4 is 132 Å². The molecule has 0 radical (unpaired) electrons. The Morgan fingerprint density at radius 1 is 0.795 bits per heavy atom. The third kappa shape index (κ3) is 3.95. The van der Waals surface area contributed by atoms with E-state index in [2.05, 4.69) is 15.9 Å². The number of fused-ring (bicyclic) bond motifs is 5.